The molecule has 0 saturated heterocycles. The average molecular weight is 1030 g/mol. The van der Waals surface area contributed by atoms with Gasteiger partial charge < -0.3 is 50.2 Å². The van der Waals surface area contributed by atoms with E-state index in [2.05, 4.69) is 29.3 Å². The van der Waals surface area contributed by atoms with Gasteiger partial charge in [0.25, 0.3) is 0 Å². The van der Waals surface area contributed by atoms with E-state index in [1.807, 2.05) is 24.3 Å². The molecule has 13 nitrogen and oxygen atoms in total. The van der Waals surface area contributed by atoms with Crippen molar-refractivity contribution in [3.05, 3.63) is 99.1 Å². The third-order valence-electron chi connectivity index (χ3n) is 19.4. The third-order valence-corrected chi connectivity index (χ3v) is 19.4. The van der Waals surface area contributed by atoms with Crippen LogP contribution in [0.3, 0.4) is 0 Å². The summed E-state index contributed by atoms with van der Waals surface area (Å²) in [7, 11) is 1.44. The highest BCUT2D eigenvalue weighted by molar-refractivity contribution is 5.89. The summed E-state index contributed by atoms with van der Waals surface area (Å²) in [5.41, 5.74) is 2.05. The fourth-order valence-electron chi connectivity index (χ4n) is 15.9. The Hall–Kier alpha value is -5.07. The van der Waals surface area contributed by atoms with Crippen LogP contribution in [0.2, 0.25) is 0 Å². The second-order valence-corrected chi connectivity index (χ2v) is 24.0. The third kappa shape index (κ3) is 9.86. The predicted molar refractivity (Wildman–Crippen MR) is 280 cm³/mol. The molecule has 3 aliphatic heterocycles. The van der Waals surface area contributed by atoms with E-state index >= 15 is 4.79 Å². The number of benzene rings is 3. The minimum Gasteiger partial charge on any atom is -0.507 e. The maximum Gasteiger partial charge on any atom is 0.334 e. The molecule has 400 valence electrons. The van der Waals surface area contributed by atoms with E-state index in [0.29, 0.717) is 52.1 Å². The number of methoxy groups -OCH3 is 1. The fraction of sp³-hybridized carbons (Fsp3) is 0.597. The number of rotatable bonds is 9. The number of ether oxygens (including phenoxy) is 3. The van der Waals surface area contributed by atoms with Crippen molar-refractivity contribution in [2.45, 2.75) is 170 Å². The summed E-state index contributed by atoms with van der Waals surface area (Å²) in [6.07, 6.45) is 8.61. The summed E-state index contributed by atoms with van der Waals surface area (Å²) >= 11 is 0. The predicted octanol–water partition coefficient (Wildman–Crippen LogP) is 7.63. The molecule has 0 spiro atoms. The van der Waals surface area contributed by atoms with E-state index in [9.17, 15) is 40.2 Å². The Kier molecular flexibility index (Phi) is 14.6. The molecule has 5 aliphatic carbocycles. The molecular formula is C62H75NO12. The molecule has 3 aromatic rings. The van der Waals surface area contributed by atoms with E-state index in [-0.39, 0.29) is 110 Å². The van der Waals surface area contributed by atoms with Crippen molar-refractivity contribution in [1.82, 2.24) is 0 Å². The van der Waals surface area contributed by atoms with Gasteiger partial charge in [-0.15, -0.1) is 0 Å². The molecule has 7 N–H and O–H groups in total. The lowest BCUT2D eigenvalue weighted by molar-refractivity contribution is -0.265. The van der Waals surface area contributed by atoms with Crippen molar-refractivity contribution in [3.63, 3.8) is 0 Å². The van der Waals surface area contributed by atoms with Crippen LogP contribution in [-0.2, 0) is 49.7 Å². The van der Waals surface area contributed by atoms with Gasteiger partial charge in [0.05, 0.1) is 31.7 Å². The fourth-order valence-corrected chi connectivity index (χ4v) is 15.9. The van der Waals surface area contributed by atoms with Crippen molar-refractivity contribution in [3.8, 4) is 23.3 Å². The van der Waals surface area contributed by atoms with Gasteiger partial charge in [-0.1, -0.05) is 74.3 Å². The van der Waals surface area contributed by atoms with Gasteiger partial charge in [-0.2, -0.15) is 0 Å². The van der Waals surface area contributed by atoms with Gasteiger partial charge in [0.2, 0.25) is 0 Å². The van der Waals surface area contributed by atoms with E-state index in [1.165, 1.54) is 14.0 Å². The van der Waals surface area contributed by atoms with Crippen LogP contribution in [0.5, 0.6) is 11.5 Å². The number of anilines is 1. The number of carbonyl (C=O) groups is 3. The number of phenols is 1. The number of phenolic OH excluding ortho intramolecular Hbond substituents is 1. The second-order valence-electron chi connectivity index (χ2n) is 24.0. The summed E-state index contributed by atoms with van der Waals surface area (Å²) < 4.78 is 18.4. The molecule has 8 aliphatic rings. The molecule has 0 amide bonds. The van der Waals surface area contributed by atoms with Crippen molar-refractivity contribution in [2.75, 3.05) is 25.6 Å². The number of carbonyl (C=O) groups excluding carboxylic acids is 3. The Morgan fingerprint density at radius 2 is 1.63 bits per heavy atom. The number of ketones is 1. The average Bonchev–Trinajstić information content (AvgIpc) is 3.42. The maximum atomic E-state index is 15.8. The Labute approximate surface area is 440 Å². The smallest absolute Gasteiger partial charge is 0.334 e. The number of aliphatic hydroxyl groups is 5. The Morgan fingerprint density at radius 1 is 0.867 bits per heavy atom. The van der Waals surface area contributed by atoms with E-state index in [1.54, 1.807) is 18.2 Å². The normalized spacial score (nSPS) is 33.7. The minimum absolute atomic E-state index is 0.0175. The van der Waals surface area contributed by atoms with Gasteiger partial charge in [-0.3, -0.25) is 9.59 Å². The second kappa shape index (κ2) is 21.0. The van der Waals surface area contributed by atoms with Crippen LogP contribution in [0.25, 0.3) is 0 Å². The summed E-state index contributed by atoms with van der Waals surface area (Å²) in [5.74, 6) is 3.72. The van der Waals surface area contributed by atoms with Gasteiger partial charge in [0, 0.05) is 67.1 Å². The lowest BCUT2D eigenvalue weighted by Gasteiger charge is -2.66. The molecule has 12 bridgehead atoms. The SMILES string of the molecule is COCC(O)C(C)(O)CNc1cc(CO)cc(C2C#CC3CC(=O)Oc4c3cc(c(O)c4C3CCCCC3)CC3OC(=O)C(=CC(O)Cc4cccc(c4)CC4C(=O)CC5CCC6C7CCCCC7C3(O)C5C46)C2)c1. The van der Waals surface area contributed by atoms with Gasteiger partial charge in [0.1, 0.15) is 40.7 Å². The summed E-state index contributed by atoms with van der Waals surface area (Å²) in [4.78, 5) is 44.3. The molecule has 75 heavy (non-hydrogen) atoms. The first-order chi connectivity index (χ1) is 36.1. The molecule has 5 saturated carbocycles. The number of hydrogen-bond acceptors (Lipinski definition) is 13. The number of aromatic hydroxyl groups is 1. The lowest BCUT2D eigenvalue weighted by atomic mass is 9.40. The Balaban J connectivity index is 1.13. The molecule has 0 radical (unpaired) electrons. The first-order valence-corrected chi connectivity index (χ1v) is 28.0. The molecule has 14 unspecified atom stereocenters. The topological polar surface area (TPSA) is 212 Å². The number of esters is 2. The van der Waals surface area contributed by atoms with Crippen LogP contribution in [0.1, 0.15) is 154 Å². The lowest BCUT2D eigenvalue weighted by Crippen LogP contribution is -2.71. The highest BCUT2D eigenvalue weighted by Crippen LogP contribution is 2.66. The van der Waals surface area contributed by atoms with Crippen LogP contribution in [0.15, 0.2) is 60.2 Å². The summed E-state index contributed by atoms with van der Waals surface area (Å²) in [6, 6.07) is 15.3. The zero-order valence-electron chi connectivity index (χ0n) is 43.5. The largest absolute Gasteiger partial charge is 0.507 e. The van der Waals surface area contributed by atoms with Gasteiger partial charge in [0.15, 0.2) is 0 Å². The van der Waals surface area contributed by atoms with Crippen LogP contribution < -0.4 is 10.1 Å². The number of aliphatic hydroxyl groups excluding tert-OH is 3. The van der Waals surface area contributed by atoms with Crippen LogP contribution in [0, 0.1) is 53.3 Å². The van der Waals surface area contributed by atoms with Crippen LogP contribution >= 0.6 is 0 Å². The molecule has 13 heteroatoms. The molecule has 11 rings (SSSR count). The quantitative estimate of drug-likeness (QED) is 0.0625. The Morgan fingerprint density at radius 3 is 2.41 bits per heavy atom. The number of hydrogen-bond donors (Lipinski definition) is 7. The van der Waals surface area contributed by atoms with Crippen molar-refractivity contribution in [2.24, 2.45) is 41.4 Å². The number of fused-ring (bicyclic) bond motifs is 10. The van der Waals surface area contributed by atoms with E-state index in [4.69, 9.17) is 14.2 Å². The van der Waals surface area contributed by atoms with Gasteiger partial charge >= 0.3 is 11.9 Å². The maximum absolute atomic E-state index is 15.8. The first kappa shape index (κ1) is 52.0. The molecule has 3 heterocycles. The number of Topliss-reactive ketones (excluding diaryl/α,β-unsaturated/α-hetero) is 1. The minimum atomic E-state index is -1.61. The molecule has 14 atom stereocenters. The van der Waals surface area contributed by atoms with Crippen LogP contribution in [0.4, 0.5) is 5.69 Å². The Bertz CT molecular complexity index is 2780. The van der Waals surface area contributed by atoms with Gasteiger partial charge in [-0.05, 0) is 152 Å². The molecule has 3 aromatic carbocycles. The van der Waals surface area contributed by atoms with E-state index in [0.717, 1.165) is 81.8 Å². The molecular weight excluding hydrogens is 951 g/mol. The standard InChI is InChI=1S/C62H75NO12/c1-61(71,52(67)32-73-2)33-63-44-21-36(31-64)20-41(25-44)38-15-16-39-30-54(68)75-59-48(39)27-42(58(69)55(59)37-11-4-3-5-12-37)29-53-62(72)50-14-7-6-13-46(50)47-18-17-40-28-51(66)49(56(47)57(40)62)23-35-10-8-9-34(19-35)22-45(65)26-43(24-38)60(70)74-53/h8-10,19-21,25-27,37-40,45-47,49-50,52-53,56-57,63-65,67,69,71-72H,3-7,11-14,17-18,22-24,28-33H2,1-2H3. The highest BCUT2D eigenvalue weighted by Gasteiger charge is 2.68. The monoisotopic (exact) mass is 1030 g/mol. The van der Waals surface area contributed by atoms with Crippen molar-refractivity contribution in [1.29, 1.82) is 0 Å². The molecule has 5 fully saturated rings. The van der Waals surface area contributed by atoms with Crippen molar-refractivity contribution < 1.29 is 59.2 Å². The summed E-state index contributed by atoms with van der Waals surface area (Å²) in [6.45, 7) is 0.956. The van der Waals surface area contributed by atoms with Crippen molar-refractivity contribution >= 4 is 23.4 Å². The zero-order valence-corrected chi connectivity index (χ0v) is 43.5. The first-order valence-electron chi connectivity index (χ1n) is 28.0. The number of nitrogens with one attached hydrogen (secondary N) is 1. The molecule has 0 aromatic heterocycles. The van der Waals surface area contributed by atoms with Crippen LogP contribution in [-0.4, -0.2) is 98.1 Å². The highest BCUT2D eigenvalue weighted by atomic mass is 16.6. The van der Waals surface area contributed by atoms with Gasteiger partial charge in [-0.25, -0.2) is 4.79 Å². The summed E-state index contributed by atoms with van der Waals surface area (Å²) in [5, 5.41) is 75.4. The van der Waals surface area contributed by atoms with E-state index < -0.39 is 53.3 Å². The zero-order chi connectivity index (χ0) is 52.3.